The monoisotopic (exact) mass is 398 g/mol. The first-order chi connectivity index (χ1) is 13.6. The van der Waals surface area contributed by atoms with Crippen LogP contribution >= 0.6 is 11.3 Å². The Morgan fingerprint density at radius 2 is 1.79 bits per heavy atom. The van der Waals surface area contributed by atoms with Crippen molar-refractivity contribution >= 4 is 17.2 Å². The van der Waals surface area contributed by atoms with Gasteiger partial charge in [0.2, 0.25) is 0 Å². The summed E-state index contributed by atoms with van der Waals surface area (Å²) in [7, 11) is 0. The minimum Gasteiger partial charge on any atom is -0.350 e. The number of carbonyl (C=O) groups excluding carboxylic acids is 1. The van der Waals surface area contributed by atoms with Crippen molar-refractivity contribution in [3.8, 4) is 0 Å². The molecule has 2 heterocycles. The molecule has 4 rings (SSSR count). The van der Waals surface area contributed by atoms with E-state index in [1.54, 1.807) is 11.3 Å². The Balaban J connectivity index is 1.53. The Kier molecular flexibility index (Phi) is 5.50. The lowest BCUT2D eigenvalue weighted by Crippen LogP contribution is -2.40. The summed E-state index contributed by atoms with van der Waals surface area (Å²) in [4.78, 5) is 15.9. The van der Waals surface area contributed by atoms with Gasteiger partial charge in [-0.25, -0.2) is 8.78 Å². The molecule has 1 aliphatic rings. The van der Waals surface area contributed by atoms with E-state index in [4.69, 9.17) is 0 Å². The van der Waals surface area contributed by atoms with Crippen molar-refractivity contribution in [1.82, 2.24) is 10.2 Å². The molecule has 0 unspecified atom stereocenters. The van der Waals surface area contributed by atoms with Crippen molar-refractivity contribution in [1.29, 1.82) is 0 Å². The maximum absolute atomic E-state index is 13.9. The molecule has 1 aliphatic heterocycles. The van der Waals surface area contributed by atoms with E-state index in [1.165, 1.54) is 17.2 Å². The van der Waals surface area contributed by atoms with Crippen LogP contribution in [0.4, 0.5) is 8.78 Å². The molecule has 2 aromatic carbocycles. The summed E-state index contributed by atoms with van der Waals surface area (Å²) in [6.07, 6.45) is 0.938. The normalized spacial score (nSPS) is 15.1. The predicted octanol–water partition coefficient (Wildman–Crippen LogP) is 4.56. The number of halogens is 2. The first-order valence-corrected chi connectivity index (χ1v) is 10.1. The largest absolute Gasteiger partial charge is 0.350 e. The fourth-order valence-corrected chi connectivity index (χ4v) is 4.53. The van der Waals surface area contributed by atoms with Crippen LogP contribution in [0.1, 0.15) is 32.4 Å². The van der Waals surface area contributed by atoms with Crippen molar-refractivity contribution < 1.29 is 13.6 Å². The summed E-state index contributed by atoms with van der Waals surface area (Å²) < 4.78 is 27.8. The number of nitrogens with one attached hydrogen (secondary N) is 1. The molecule has 0 aliphatic carbocycles. The number of rotatable bonds is 5. The van der Waals surface area contributed by atoms with Crippen LogP contribution in [0.5, 0.6) is 0 Å². The number of fused-ring (bicyclic) bond motifs is 1. The van der Waals surface area contributed by atoms with E-state index in [2.05, 4.69) is 28.4 Å². The van der Waals surface area contributed by atoms with Gasteiger partial charge in [-0.1, -0.05) is 36.4 Å². The highest BCUT2D eigenvalue weighted by Crippen LogP contribution is 2.30. The number of benzene rings is 2. The van der Waals surface area contributed by atoms with E-state index in [1.807, 2.05) is 23.6 Å². The Morgan fingerprint density at radius 3 is 2.50 bits per heavy atom. The van der Waals surface area contributed by atoms with E-state index in [0.717, 1.165) is 36.5 Å². The van der Waals surface area contributed by atoms with Crippen LogP contribution in [0.25, 0.3) is 0 Å². The highest BCUT2D eigenvalue weighted by molar-refractivity contribution is 7.10. The summed E-state index contributed by atoms with van der Waals surface area (Å²) in [5.74, 6) is -2.43. The Labute approximate surface area is 166 Å². The van der Waals surface area contributed by atoms with Crippen LogP contribution in [0.3, 0.4) is 0 Å². The van der Waals surface area contributed by atoms with E-state index in [9.17, 15) is 13.6 Å². The van der Waals surface area contributed by atoms with Gasteiger partial charge in [0.1, 0.15) is 17.2 Å². The molecule has 1 atom stereocenters. The van der Waals surface area contributed by atoms with Gasteiger partial charge >= 0.3 is 0 Å². The fraction of sp³-hybridized carbons (Fsp3) is 0.227. The van der Waals surface area contributed by atoms with Gasteiger partial charge < -0.3 is 5.32 Å². The molecular weight excluding hydrogens is 378 g/mol. The number of hydrogen-bond acceptors (Lipinski definition) is 3. The third-order valence-electron chi connectivity index (χ3n) is 5.12. The SMILES string of the molecule is O=C(NC[C@@H](c1cccs1)N1CCc2ccccc2C1)c1c(F)cccc1F. The third-order valence-corrected chi connectivity index (χ3v) is 6.09. The number of carbonyl (C=O) groups is 1. The molecule has 0 saturated heterocycles. The maximum Gasteiger partial charge on any atom is 0.257 e. The van der Waals surface area contributed by atoms with Gasteiger partial charge in [-0.2, -0.15) is 0 Å². The smallest absolute Gasteiger partial charge is 0.257 e. The molecule has 0 radical (unpaired) electrons. The quantitative estimate of drug-likeness (QED) is 0.684. The summed E-state index contributed by atoms with van der Waals surface area (Å²) in [6.45, 7) is 1.93. The number of nitrogens with zero attached hydrogens (tertiary/aromatic N) is 1. The van der Waals surface area contributed by atoms with Crippen molar-refractivity contribution in [2.45, 2.75) is 19.0 Å². The highest BCUT2D eigenvalue weighted by Gasteiger charge is 2.27. The summed E-state index contributed by atoms with van der Waals surface area (Å²) >= 11 is 1.62. The zero-order valence-electron chi connectivity index (χ0n) is 15.2. The van der Waals surface area contributed by atoms with Crippen molar-refractivity contribution in [3.05, 3.63) is 93.2 Å². The van der Waals surface area contributed by atoms with Crippen LogP contribution in [0.15, 0.2) is 60.0 Å². The molecule has 3 aromatic rings. The summed E-state index contributed by atoms with van der Waals surface area (Å²) in [6, 6.07) is 15.8. The van der Waals surface area contributed by atoms with Gasteiger partial charge in [0.25, 0.3) is 5.91 Å². The molecule has 144 valence electrons. The van der Waals surface area contributed by atoms with E-state index in [0.29, 0.717) is 0 Å². The topological polar surface area (TPSA) is 32.3 Å². The van der Waals surface area contributed by atoms with E-state index in [-0.39, 0.29) is 12.6 Å². The lowest BCUT2D eigenvalue weighted by Gasteiger charge is -2.35. The molecular formula is C22H20F2N2OS. The van der Waals surface area contributed by atoms with Gasteiger partial charge in [-0.3, -0.25) is 9.69 Å². The lowest BCUT2D eigenvalue weighted by molar-refractivity contribution is 0.0920. The van der Waals surface area contributed by atoms with Crippen molar-refractivity contribution in [2.75, 3.05) is 13.1 Å². The Hall–Kier alpha value is -2.57. The molecule has 6 heteroatoms. The first-order valence-electron chi connectivity index (χ1n) is 9.20. The maximum atomic E-state index is 13.9. The second-order valence-corrected chi connectivity index (χ2v) is 7.81. The average molecular weight is 398 g/mol. The molecule has 3 nitrogen and oxygen atoms in total. The predicted molar refractivity (Wildman–Crippen MR) is 106 cm³/mol. The van der Waals surface area contributed by atoms with E-state index < -0.39 is 23.1 Å². The second-order valence-electron chi connectivity index (χ2n) is 6.83. The molecule has 0 spiro atoms. The first kappa shape index (κ1) is 18.8. The summed E-state index contributed by atoms with van der Waals surface area (Å²) in [5, 5.41) is 4.73. The Bertz CT molecular complexity index is 954. The minimum absolute atomic E-state index is 0.0489. The molecule has 1 amide bonds. The van der Waals surface area contributed by atoms with Gasteiger partial charge in [-0.05, 0) is 41.1 Å². The zero-order chi connectivity index (χ0) is 19.5. The zero-order valence-corrected chi connectivity index (χ0v) is 16.0. The lowest BCUT2D eigenvalue weighted by atomic mass is 9.98. The highest BCUT2D eigenvalue weighted by atomic mass is 32.1. The fourth-order valence-electron chi connectivity index (χ4n) is 3.67. The van der Waals surface area contributed by atoms with Crippen LogP contribution in [-0.4, -0.2) is 23.9 Å². The van der Waals surface area contributed by atoms with Crippen LogP contribution in [-0.2, 0) is 13.0 Å². The van der Waals surface area contributed by atoms with Gasteiger partial charge in [0, 0.05) is 24.5 Å². The minimum atomic E-state index is -0.850. The van der Waals surface area contributed by atoms with Gasteiger partial charge in [0.15, 0.2) is 0 Å². The molecule has 1 aromatic heterocycles. The number of thiophene rings is 1. The Morgan fingerprint density at radius 1 is 1.04 bits per heavy atom. The number of hydrogen-bond donors (Lipinski definition) is 1. The molecule has 0 bridgehead atoms. The van der Waals surface area contributed by atoms with Crippen molar-refractivity contribution in [3.63, 3.8) is 0 Å². The van der Waals surface area contributed by atoms with Crippen LogP contribution in [0.2, 0.25) is 0 Å². The van der Waals surface area contributed by atoms with Gasteiger partial charge in [-0.15, -0.1) is 11.3 Å². The third kappa shape index (κ3) is 3.84. The van der Waals surface area contributed by atoms with Crippen LogP contribution in [0, 0.1) is 11.6 Å². The van der Waals surface area contributed by atoms with Crippen molar-refractivity contribution in [2.24, 2.45) is 0 Å². The standard InChI is InChI=1S/C22H20F2N2OS/c23-17-7-3-8-18(24)21(17)22(27)25-13-19(20-9-4-12-28-20)26-11-10-15-5-1-2-6-16(15)14-26/h1-9,12,19H,10-11,13-14H2,(H,25,27)/t19-/m0/s1. The average Bonchev–Trinajstić information content (AvgIpc) is 3.22. The second kappa shape index (κ2) is 8.20. The van der Waals surface area contributed by atoms with Crippen LogP contribution < -0.4 is 5.32 Å². The van der Waals surface area contributed by atoms with Gasteiger partial charge in [0.05, 0.1) is 6.04 Å². The summed E-state index contributed by atoms with van der Waals surface area (Å²) in [5.41, 5.74) is 2.10. The molecule has 0 fully saturated rings. The molecule has 1 N–H and O–H groups in total. The molecule has 0 saturated carbocycles. The number of amides is 1. The van der Waals surface area contributed by atoms with E-state index >= 15 is 0 Å². The molecule has 28 heavy (non-hydrogen) atoms.